The van der Waals surface area contributed by atoms with Gasteiger partial charge in [-0.3, -0.25) is 14.9 Å². The molecule has 2 unspecified atom stereocenters. The molecule has 0 aliphatic heterocycles. The van der Waals surface area contributed by atoms with Crippen LogP contribution in [0.5, 0.6) is 0 Å². The average Bonchev–Trinajstić information content (AvgIpc) is 2.40. The van der Waals surface area contributed by atoms with Crippen molar-refractivity contribution in [3.8, 4) is 0 Å². The van der Waals surface area contributed by atoms with Crippen molar-refractivity contribution in [2.75, 3.05) is 12.9 Å². The quantitative estimate of drug-likeness (QED) is 0.616. The smallest absolute Gasteiger partial charge is 0.273 e. The minimum absolute atomic E-state index is 0.0450. The predicted molar refractivity (Wildman–Crippen MR) is 79.2 cm³/mol. The van der Waals surface area contributed by atoms with Crippen LogP contribution in [0.15, 0.2) is 18.2 Å². The second kappa shape index (κ2) is 7.25. The van der Waals surface area contributed by atoms with Gasteiger partial charge in [-0.25, -0.2) is 0 Å². The number of amides is 1. The van der Waals surface area contributed by atoms with E-state index in [1.54, 1.807) is 26.0 Å². The van der Waals surface area contributed by atoms with E-state index in [4.69, 9.17) is 0 Å². The fourth-order valence-corrected chi connectivity index (χ4v) is 2.39. The largest absolute Gasteiger partial charge is 0.395 e. The van der Waals surface area contributed by atoms with E-state index in [9.17, 15) is 20.0 Å². The van der Waals surface area contributed by atoms with Crippen molar-refractivity contribution in [3.63, 3.8) is 0 Å². The minimum atomic E-state index is -0.506. The molecule has 0 saturated heterocycles. The molecule has 110 valence electrons. The van der Waals surface area contributed by atoms with Gasteiger partial charge in [0.2, 0.25) is 0 Å². The van der Waals surface area contributed by atoms with Gasteiger partial charge < -0.3 is 10.4 Å². The van der Waals surface area contributed by atoms with Crippen molar-refractivity contribution in [3.05, 3.63) is 39.4 Å². The third kappa shape index (κ3) is 3.94. The lowest BCUT2D eigenvalue weighted by atomic mass is 10.1. The fraction of sp³-hybridized carbons (Fsp3) is 0.462. The Labute approximate surface area is 121 Å². The van der Waals surface area contributed by atoms with E-state index >= 15 is 0 Å². The Kier molecular flexibility index (Phi) is 5.97. The van der Waals surface area contributed by atoms with Crippen LogP contribution in [0.4, 0.5) is 5.69 Å². The van der Waals surface area contributed by atoms with Crippen LogP contribution in [0.1, 0.15) is 22.8 Å². The number of aliphatic hydroxyl groups is 1. The molecule has 0 fully saturated rings. The monoisotopic (exact) mass is 298 g/mol. The van der Waals surface area contributed by atoms with E-state index in [2.05, 4.69) is 5.32 Å². The second-order valence-electron chi connectivity index (χ2n) is 4.48. The summed E-state index contributed by atoms with van der Waals surface area (Å²) < 4.78 is 0. The molecule has 7 heteroatoms. The van der Waals surface area contributed by atoms with Crippen LogP contribution >= 0.6 is 11.8 Å². The average molecular weight is 298 g/mol. The van der Waals surface area contributed by atoms with Crippen LogP contribution in [-0.4, -0.2) is 40.1 Å². The molecule has 0 aliphatic carbocycles. The summed E-state index contributed by atoms with van der Waals surface area (Å²) in [7, 11) is 0. The Balaban J connectivity index is 2.88. The zero-order chi connectivity index (χ0) is 15.3. The summed E-state index contributed by atoms with van der Waals surface area (Å²) in [5, 5.41) is 22.7. The number of hydrogen-bond donors (Lipinski definition) is 2. The molecule has 6 nitrogen and oxygen atoms in total. The minimum Gasteiger partial charge on any atom is -0.395 e. The van der Waals surface area contributed by atoms with Crippen LogP contribution in [0.2, 0.25) is 0 Å². The Morgan fingerprint density at radius 3 is 2.70 bits per heavy atom. The first-order valence-corrected chi connectivity index (χ1v) is 7.39. The van der Waals surface area contributed by atoms with Crippen molar-refractivity contribution in [2.24, 2.45) is 0 Å². The molecule has 0 aromatic heterocycles. The molecule has 0 saturated carbocycles. The zero-order valence-electron chi connectivity index (χ0n) is 11.6. The molecule has 2 N–H and O–H groups in total. The molecule has 0 radical (unpaired) electrons. The summed E-state index contributed by atoms with van der Waals surface area (Å²) in [5.74, 6) is -0.381. The van der Waals surface area contributed by atoms with E-state index < -0.39 is 4.92 Å². The molecular weight excluding hydrogens is 280 g/mol. The number of carbonyl (C=O) groups is 1. The van der Waals surface area contributed by atoms with E-state index in [-0.39, 0.29) is 35.1 Å². The number of nitrogens with one attached hydrogen (secondary N) is 1. The maximum absolute atomic E-state index is 12.1. The normalized spacial score (nSPS) is 13.6. The number of aryl methyl sites for hydroxylation is 1. The van der Waals surface area contributed by atoms with Gasteiger partial charge in [0.1, 0.15) is 0 Å². The summed E-state index contributed by atoms with van der Waals surface area (Å²) in [5.41, 5.74) is 0.678. The van der Waals surface area contributed by atoms with Gasteiger partial charge in [-0.2, -0.15) is 11.8 Å². The van der Waals surface area contributed by atoms with Gasteiger partial charge in [-0.1, -0.05) is 6.07 Å². The van der Waals surface area contributed by atoms with Crippen LogP contribution in [-0.2, 0) is 0 Å². The number of aliphatic hydroxyl groups excluding tert-OH is 1. The number of thioether (sulfide) groups is 1. The Hall–Kier alpha value is -1.60. The highest BCUT2D eigenvalue weighted by Crippen LogP contribution is 2.19. The van der Waals surface area contributed by atoms with Crippen molar-refractivity contribution in [2.45, 2.75) is 25.1 Å². The molecule has 0 heterocycles. The zero-order valence-corrected chi connectivity index (χ0v) is 12.4. The number of nitro groups is 1. The van der Waals surface area contributed by atoms with Gasteiger partial charge in [-0.15, -0.1) is 0 Å². The molecule has 20 heavy (non-hydrogen) atoms. The van der Waals surface area contributed by atoms with E-state index in [0.29, 0.717) is 5.56 Å². The Bertz CT molecular complexity index is 503. The third-order valence-corrected chi connectivity index (χ3v) is 4.23. The summed E-state index contributed by atoms with van der Waals surface area (Å²) in [6.45, 7) is 3.37. The Morgan fingerprint density at radius 2 is 2.20 bits per heavy atom. The number of benzene rings is 1. The van der Waals surface area contributed by atoms with Crippen molar-refractivity contribution in [1.82, 2.24) is 5.32 Å². The van der Waals surface area contributed by atoms with Crippen LogP contribution in [0, 0.1) is 17.0 Å². The standard InChI is InChI=1S/C13H18N2O4S/c1-8-4-5-10(6-11(8)15(18)19)13(17)14-9(2)12(7-16)20-3/h4-6,9,12,16H,7H2,1-3H3,(H,14,17). The van der Waals surface area contributed by atoms with Gasteiger partial charge in [0.25, 0.3) is 11.6 Å². The van der Waals surface area contributed by atoms with Crippen molar-refractivity contribution in [1.29, 1.82) is 0 Å². The second-order valence-corrected chi connectivity index (χ2v) is 5.55. The number of nitrogens with zero attached hydrogens (tertiary/aromatic N) is 1. The molecule has 0 spiro atoms. The van der Waals surface area contributed by atoms with Gasteiger partial charge in [0.15, 0.2) is 0 Å². The molecule has 0 aliphatic rings. The molecule has 1 rings (SSSR count). The van der Waals surface area contributed by atoms with Gasteiger partial charge in [-0.05, 0) is 26.2 Å². The van der Waals surface area contributed by atoms with Gasteiger partial charge >= 0.3 is 0 Å². The SMILES string of the molecule is CSC(CO)C(C)NC(=O)c1ccc(C)c([N+](=O)[O-])c1. The maximum atomic E-state index is 12.1. The predicted octanol–water partition coefficient (Wildman–Crippen LogP) is 1.75. The summed E-state index contributed by atoms with van der Waals surface area (Å²) in [6.07, 6.45) is 1.85. The maximum Gasteiger partial charge on any atom is 0.273 e. The fourth-order valence-electron chi connectivity index (χ4n) is 1.77. The summed E-state index contributed by atoms with van der Waals surface area (Å²) >= 11 is 1.45. The molecule has 1 amide bonds. The van der Waals surface area contributed by atoms with Gasteiger partial charge in [0, 0.05) is 28.5 Å². The van der Waals surface area contributed by atoms with Crippen LogP contribution < -0.4 is 5.32 Å². The topological polar surface area (TPSA) is 92.5 Å². The lowest BCUT2D eigenvalue weighted by Crippen LogP contribution is -2.41. The first-order chi connectivity index (χ1) is 9.40. The van der Waals surface area contributed by atoms with Gasteiger partial charge in [0.05, 0.1) is 11.5 Å². The van der Waals surface area contributed by atoms with Crippen molar-refractivity contribution >= 4 is 23.4 Å². The molecule has 2 atom stereocenters. The lowest BCUT2D eigenvalue weighted by Gasteiger charge is -2.21. The highest BCUT2D eigenvalue weighted by molar-refractivity contribution is 7.99. The molecule has 1 aromatic rings. The highest BCUT2D eigenvalue weighted by Gasteiger charge is 2.20. The molecule has 0 bridgehead atoms. The lowest BCUT2D eigenvalue weighted by molar-refractivity contribution is -0.385. The third-order valence-electron chi connectivity index (χ3n) is 3.07. The number of nitro benzene ring substituents is 1. The van der Waals surface area contributed by atoms with Crippen LogP contribution in [0.3, 0.4) is 0 Å². The van der Waals surface area contributed by atoms with E-state index in [1.807, 2.05) is 6.26 Å². The first-order valence-electron chi connectivity index (χ1n) is 6.10. The van der Waals surface area contributed by atoms with E-state index in [1.165, 1.54) is 17.8 Å². The summed E-state index contributed by atoms with van der Waals surface area (Å²) in [6, 6.07) is 4.14. The summed E-state index contributed by atoms with van der Waals surface area (Å²) in [4.78, 5) is 22.4. The van der Waals surface area contributed by atoms with Crippen LogP contribution in [0.25, 0.3) is 0 Å². The number of carbonyl (C=O) groups excluding carboxylic acids is 1. The number of hydrogen-bond acceptors (Lipinski definition) is 5. The van der Waals surface area contributed by atoms with Crippen molar-refractivity contribution < 1.29 is 14.8 Å². The first kappa shape index (κ1) is 16.5. The number of rotatable bonds is 6. The highest BCUT2D eigenvalue weighted by atomic mass is 32.2. The van der Waals surface area contributed by atoms with E-state index in [0.717, 1.165) is 0 Å². The molecular formula is C13H18N2O4S. The molecule has 1 aromatic carbocycles. The Morgan fingerprint density at radius 1 is 1.55 bits per heavy atom.